The zero-order chi connectivity index (χ0) is 19.0. The van der Waals surface area contributed by atoms with E-state index >= 15 is 0 Å². The number of benzene rings is 2. The van der Waals surface area contributed by atoms with Gasteiger partial charge < -0.3 is 4.74 Å². The molecule has 2 aromatic carbocycles. The molecule has 0 radical (unpaired) electrons. The first-order valence-corrected chi connectivity index (χ1v) is 10.7. The van der Waals surface area contributed by atoms with Gasteiger partial charge in [0.05, 0.1) is 12.0 Å². The lowest BCUT2D eigenvalue weighted by Gasteiger charge is -2.34. The second-order valence-electron chi connectivity index (χ2n) is 7.20. The van der Waals surface area contributed by atoms with Crippen molar-refractivity contribution in [2.45, 2.75) is 49.6 Å². The van der Waals surface area contributed by atoms with Crippen LogP contribution in [0.3, 0.4) is 0 Å². The van der Waals surface area contributed by atoms with Crippen molar-refractivity contribution in [2.24, 2.45) is 0 Å². The van der Waals surface area contributed by atoms with E-state index in [4.69, 9.17) is 4.74 Å². The summed E-state index contributed by atoms with van der Waals surface area (Å²) >= 11 is 0. The lowest BCUT2D eigenvalue weighted by molar-refractivity contribution is -0.145. The monoisotopic (exact) mass is 385 g/mol. The van der Waals surface area contributed by atoms with E-state index in [1.807, 2.05) is 30.3 Å². The summed E-state index contributed by atoms with van der Waals surface area (Å²) in [6.45, 7) is 0.176. The fourth-order valence-electron chi connectivity index (χ4n) is 4.09. The second kappa shape index (κ2) is 7.09. The predicted molar refractivity (Wildman–Crippen MR) is 102 cm³/mol. The molecule has 1 aliphatic carbocycles. The summed E-state index contributed by atoms with van der Waals surface area (Å²) in [4.78, 5) is 12.6. The van der Waals surface area contributed by atoms with Crippen molar-refractivity contribution in [2.75, 3.05) is 7.11 Å². The molecule has 5 nitrogen and oxygen atoms in total. The van der Waals surface area contributed by atoms with Gasteiger partial charge >= 0.3 is 5.97 Å². The summed E-state index contributed by atoms with van der Waals surface area (Å²) in [6.07, 6.45) is 4.46. The Balaban J connectivity index is 1.75. The highest BCUT2D eigenvalue weighted by Gasteiger charge is 2.40. The van der Waals surface area contributed by atoms with E-state index in [1.54, 1.807) is 12.1 Å². The van der Waals surface area contributed by atoms with Gasteiger partial charge in [-0.2, -0.15) is 4.31 Å². The summed E-state index contributed by atoms with van der Waals surface area (Å²) in [5.41, 5.74) is 4.26. The molecule has 27 heavy (non-hydrogen) atoms. The van der Waals surface area contributed by atoms with Gasteiger partial charge in [-0.3, -0.25) is 4.79 Å². The molecular formula is C21H23NO4S. The van der Waals surface area contributed by atoms with Gasteiger partial charge in [0.2, 0.25) is 10.0 Å². The summed E-state index contributed by atoms with van der Waals surface area (Å²) in [6, 6.07) is 12.2. The van der Waals surface area contributed by atoms with E-state index in [1.165, 1.54) is 17.0 Å². The van der Waals surface area contributed by atoms with Crippen LogP contribution in [0.4, 0.5) is 0 Å². The molecule has 0 fully saturated rings. The first-order chi connectivity index (χ1) is 13.0. The highest BCUT2D eigenvalue weighted by Crippen LogP contribution is 2.31. The summed E-state index contributed by atoms with van der Waals surface area (Å²) in [5, 5.41) is 0. The van der Waals surface area contributed by atoms with E-state index in [0.717, 1.165) is 42.4 Å². The maximum absolute atomic E-state index is 13.4. The van der Waals surface area contributed by atoms with Crippen molar-refractivity contribution in [1.82, 2.24) is 4.31 Å². The van der Waals surface area contributed by atoms with Crippen molar-refractivity contribution in [1.29, 1.82) is 0 Å². The van der Waals surface area contributed by atoms with Gasteiger partial charge in [-0.25, -0.2) is 8.42 Å². The molecule has 0 N–H and O–H groups in total. The molecule has 2 aliphatic rings. The number of methoxy groups -OCH3 is 1. The second-order valence-corrected chi connectivity index (χ2v) is 9.09. The Labute approximate surface area is 160 Å². The molecule has 1 atom stereocenters. The van der Waals surface area contributed by atoms with E-state index in [-0.39, 0.29) is 11.4 Å². The van der Waals surface area contributed by atoms with Gasteiger partial charge in [0, 0.05) is 13.0 Å². The number of sulfonamides is 1. The summed E-state index contributed by atoms with van der Waals surface area (Å²) in [5.74, 6) is -0.522. The van der Waals surface area contributed by atoms with Crippen LogP contribution in [0.15, 0.2) is 47.4 Å². The minimum absolute atomic E-state index is 0.176. The van der Waals surface area contributed by atoms with Crippen molar-refractivity contribution >= 4 is 16.0 Å². The van der Waals surface area contributed by atoms with Gasteiger partial charge in [-0.15, -0.1) is 0 Å². The van der Waals surface area contributed by atoms with Crippen LogP contribution in [0.1, 0.15) is 35.1 Å². The molecule has 0 spiro atoms. The van der Waals surface area contributed by atoms with Crippen LogP contribution >= 0.6 is 0 Å². The summed E-state index contributed by atoms with van der Waals surface area (Å²) in [7, 11) is -2.51. The van der Waals surface area contributed by atoms with Crippen molar-refractivity contribution in [3.8, 4) is 0 Å². The standard InChI is InChI=1S/C21H23NO4S/c1-26-21(23)20-13-17-8-4-5-9-18(17)14-22(20)27(24,25)19-11-10-15-6-2-3-7-16(15)12-19/h4-5,8-12,20H,2-3,6-7,13-14H2,1H3/t20-/m0/s1. The lowest BCUT2D eigenvalue weighted by Crippen LogP contribution is -2.49. The number of esters is 1. The average molecular weight is 385 g/mol. The molecule has 1 heterocycles. The molecule has 0 aromatic heterocycles. The quantitative estimate of drug-likeness (QED) is 0.762. The van der Waals surface area contributed by atoms with Crippen LogP contribution in [0.2, 0.25) is 0 Å². The molecule has 6 heteroatoms. The minimum Gasteiger partial charge on any atom is -0.468 e. The Morgan fingerprint density at radius 3 is 2.44 bits per heavy atom. The first kappa shape index (κ1) is 18.2. The van der Waals surface area contributed by atoms with E-state index in [0.29, 0.717) is 6.42 Å². The third kappa shape index (κ3) is 3.28. The Morgan fingerprint density at radius 2 is 1.70 bits per heavy atom. The van der Waals surface area contributed by atoms with E-state index < -0.39 is 22.0 Å². The Morgan fingerprint density at radius 1 is 1.00 bits per heavy atom. The van der Waals surface area contributed by atoms with Crippen LogP contribution in [-0.2, 0) is 45.4 Å². The lowest BCUT2D eigenvalue weighted by atomic mass is 9.92. The zero-order valence-electron chi connectivity index (χ0n) is 15.3. The number of carbonyl (C=O) groups excluding carboxylic acids is 1. The molecule has 0 amide bonds. The van der Waals surface area contributed by atoms with E-state index in [2.05, 4.69) is 0 Å². The van der Waals surface area contributed by atoms with Gasteiger partial charge in [-0.1, -0.05) is 30.3 Å². The minimum atomic E-state index is -3.81. The van der Waals surface area contributed by atoms with Crippen molar-refractivity contribution < 1.29 is 17.9 Å². The topological polar surface area (TPSA) is 63.7 Å². The van der Waals surface area contributed by atoms with Crippen molar-refractivity contribution in [3.63, 3.8) is 0 Å². The molecule has 1 aliphatic heterocycles. The van der Waals surface area contributed by atoms with Crippen LogP contribution in [0, 0.1) is 0 Å². The Bertz CT molecular complexity index is 983. The van der Waals surface area contributed by atoms with Crippen LogP contribution in [0.5, 0.6) is 0 Å². The molecule has 0 saturated carbocycles. The molecule has 142 valence electrons. The SMILES string of the molecule is COC(=O)[C@@H]1Cc2ccccc2CN1S(=O)(=O)c1ccc2c(c1)CCCC2. The number of rotatable bonds is 3. The smallest absolute Gasteiger partial charge is 0.324 e. The van der Waals surface area contributed by atoms with Gasteiger partial charge in [-0.05, 0) is 60.1 Å². The summed E-state index contributed by atoms with van der Waals surface area (Å²) < 4.78 is 33.1. The fourth-order valence-corrected chi connectivity index (χ4v) is 5.70. The number of nitrogens with zero attached hydrogens (tertiary/aromatic N) is 1. The van der Waals surface area contributed by atoms with Crippen molar-refractivity contribution in [3.05, 3.63) is 64.7 Å². The maximum atomic E-state index is 13.4. The molecule has 0 bridgehead atoms. The molecule has 4 rings (SSSR count). The average Bonchev–Trinajstić information content (AvgIpc) is 2.71. The number of fused-ring (bicyclic) bond motifs is 2. The van der Waals surface area contributed by atoms with Gasteiger partial charge in [0.15, 0.2) is 0 Å². The number of hydrogen-bond donors (Lipinski definition) is 0. The zero-order valence-corrected chi connectivity index (χ0v) is 16.2. The maximum Gasteiger partial charge on any atom is 0.324 e. The Kier molecular flexibility index (Phi) is 4.78. The third-order valence-electron chi connectivity index (χ3n) is 5.61. The number of carbonyl (C=O) groups is 1. The largest absolute Gasteiger partial charge is 0.468 e. The molecule has 0 unspecified atom stereocenters. The molecule has 2 aromatic rings. The predicted octanol–water partition coefficient (Wildman–Crippen LogP) is 2.85. The third-order valence-corrected chi connectivity index (χ3v) is 7.46. The molecule has 0 saturated heterocycles. The normalized spacial score (nSPS) is 19.8. The molecular weight excluding hydrogens is 362 g/mol. The fraction of sp³-hybridized carbons (Fsp3) is 0.381. The Hall–Kier alpha value is -2.18. The van der Waals surface area contributed by atoms with Gasteiger partial charge in [0.25, 0.3) is 0 Å². The van der Waals surface area contributed by atoms with Crippen LogP contribution < -0.4 is 0 Å². The van der Waals surface area contributed by atoms with Gasteiger partial charge in [0.1, 0.15) is 6.04 Å². The number of aryl methyl sites for hydroxylation is 2. The number of ether oxygens (including phenoxy) is 1. The highest BCUT2D eigenvalue weighted by atomic mass is 32.2. The van der Waals surface area contributed by atoms with Crippen LogP contribution in [-0.4, -0.2) is 31.8 Å². The number of hydrogen-bond acceptors (Lipinski definition) is 4. The highest BCUT2D eigenvalue weighted by molar-refractivity contribution is 7.89. The van der Waals surface area contributed by atoms with E-state index in [9.17, 15) is 13.2 Å². The van der Waals surface area contributed by atoms with Crippen LogP contribution in [0.25, 0.3) is 0 Å². The first-order valence-electron chi connectivity index (χ1n) is 9.29.